The molecule has 3 saturated heterocycles. The van der Waals surface area contributed by atoms with Gasteiger partial charge in [0.1, 0.15) is 11.7 Å². The summed E-state index contributed by atoms with van der Waals surface area (Å²) in [4.78, 5) is 29.8. The molecular formula is C32H42N2O5. The Morgan fingerprint density at radius 1 is 1.05 bits per heavy atom. The maximum Gasteiger partial charge on any atom is 0.411 e. The summed E-state index contributed by atoms with van der Waals surface area (Å²) in [6.45, 7) is 8.34. The van der Waals surface area contributed by atoms with Crippen molar-refractivity contribution in [3.63, 3.8) is 0 Å². The Hall–Kier alpha value is -2.90. The molecule has 2 amide bonds. The number of likely N-dealkylation sites (tertiary alicyclic amines) is 1. The Morgan fingerprint density at radius 2 is 1.74 bits per heavy atom. The van der Waals surface area contributed by atoms with Crippen molar-refractivity contribution in [2.75, 3.05) is 26.2 Å². The van der Waals surface area contributed by atoms with Crippen LogP contribution in [0.25, 0.3) is 0 Å². The zero-order valence-corrected chi connectivity index (χ0v) is 23.5. The molecule has 5 rings (SSSR count). The predicted octanol–water partition coefficient (Wildman–Crippen LogP) is 5.53. The topological polar surface area (TPSA) is 79.3 Å². The molecule has 2 aromatic carbocycles. The van der Waals surface area contributed by atoms with E-state index in [-0.39, 0.29) is 24.1 Å². The summed E-state index contributed by atoms with van der Waals surface area (Å²) in [5.41, 5.74) is 1.44. The van der Waals surface area contributed by atoms with Gasteiger partial charge in [0, 0.05) is 39.1 Å². The van der Waals surface area contributed by atoms with Gasteiger partial charge in [0.25, 0.3) is 5.91 Å². The van der Waals surface area contributed by atoms with Crippen LogP contribution in [-0.2, 0) is 19.9 Å². The van der Waals surface area contributed by atoms with Crippen LogP contribution in [-0.4, -0.2) is 64.9 Å². The Morgan fingerprint density at radius 3 is 2.33 bits per heavy atom. The molecule has 3 atom stereocenters. The van der Waals surface area contributed by atoms with Gasteiger partial charge in [-0.1, -0.05) is 54.6 Å². The molecule has 3 aliphatic heterocycles. The first-order valence-electron chi connectivity index (χ1n) is 14.4. The number of amides is 2. The lowest BCUT2D eigenvalue weighted by atomic mass is 9.80. The predicted molar refractivity (Wildman–Crippen MR) is 149 cm³/mol. The number of aliphatic hydroxyl groups is 1. The number of hydrogen-bond acceptors (Lipinski definition) is 5. The smallest absolute Gasteiger partial charge is 0.411 e. The molecule has 7 nitrogen and oxygen atoms in total. The fraction of sp³-hybridized carbons (Fsp3) is 0.562. The van der Waals surface area contributed by atoms with Gasteiger partial charge in [-0.05, 0) is 69.1 Å². The molecule has 0 aliphatic carbocycles. The van der Waals surface area contributed by atoms with Gasteiger partial charge in [0.2, 0.25) is 0 Å². The molecule has 0 radical (unpaired) electrons. The van der Waals surface area contributed by atoms with E-state index in [1.54, 1.807) is 18.7 Å². The minimum atomic E-state index is -0.979. The zero-order chi connectivity index (χ0) is 27.6. The average molecular weight is 535 g/mol. The number of cyclic esters (lactones) is 1. The zero-order valence-electron chi connectivity index (χ0n) is 23.5. The first-order chi connectivity index (χ1) is 18.7. The van der Waals surface area contributed by atoms with Crippen molar-refractivity contribution >= 4 is 12.0 Å². The van der Waals surface area contributed by atoms with Gasteiger partial charge in [-0.3, -0.25) is 4.79 Å². The van der Waals surface area contributed by atoms with E-state index >= 15 is 0 Å². The largest absolute Gasteiger partial charge is 0.438 e. The van der Waals surface area contributed by atoms with Crippen LogP contribution in [0, 0.1) is 0 Å². The highest BCUT2D eigenvalue weighted by Gasteiger charge is 2.46. The quantitative estimate of drug-likeness (QED) is 0.505. The highest BCUT2D eigenvalue weighted by Crippen LogP contribution is 2.42. The molecule has 0 bridgehead atoms. The lowest BCUT2D eigenvalue weighted by molar-refractivity contribution is -0.142. The van der Waals surface area contributed by atoms with E-state index in [1.165, 1.54) is 5.56 Å². The van der Waals surface area contributed by atoms with Crippen LogP contribution in [0.5, 0.6) is 0 Å². The van der Waals surface area contributed by atoms with Gasteiger partial charge < -0.3 is 24.4 Å². The molecule has 0 saturated carbocycles. The van der Waals surface area contributed by atoms with E-state index in [4.69, 9.17) is 9.47 Å². The van der Waals surface area contributed by atoms with Crippen molar-refractivity contribution in [1.82, 2.24) is 9.80 Å². The third-order valence-corrected chi connectivity index (χ3v) is 8.66. The molecule has 7 heteroatoms. The molecule has 0 spiro atoms. The van der Waals surface area contributed by atoms with Gasteiger partial charge in [-0.25, -0.2) is 4.79 Å². The van der Waals surface area contributed by atoms with E-state index in [9.17, 15) is 14.7 Å². The maximum absolute atomic E-state index is 13.4. The second kappa shape index (κ2) is 11.3. The molecule has 2 aromatic rings. The van der Waals surface area contributed by atoms with Crippen molar-refractivity contribution in [3.05, 3.63) is 71.3 Å². The van der Waals surface area contributed by atoms with E-state index in [0.29, 0.717) is 31.9 Å². The van der Waals surface area contributed by atoms with Crippen LogP contribution in [0.15, 0.2) is 54.6 Å². The minimum Gasteiger partial charge on any atom is -0.438 e. The highest BCUT2D eigenvalue weighted by atomic mass is 16.6. The first-order valence-corrected chi connectivity index (χ1v) is 14.4. The lowest BCUT2D eigenvalue weighted by Crippen LogP contribution is -2.51. The van der Waals surface area contributed by atoms with Crippen LogP contribution in [0.2, 0.25) is 0 Å². The average Bonchev–Trinajstić information content (AvgIpc) is 3.47. The summed E-state index contributed by atoms with van der Waals surface area (Å²) in [6.07, 6.45) is 4.08. The van der Waals surface area contributed by atoms with Crippen LogP contribution in [0.4, 0.5) is 4.79 Å². The molecule has 0 aromatic heterocycles. The number of piperidine rings is 1. The summed E-state index contributed by atoms with van der Waals surface area (Å²) in [5.74, 6) is 0.582. The lowest BCUT2D eigenvalue weighted by Gasteiger charge is -2.45. The Labute approximate surface area is 232 Å². The monoisotopic (exact) mass is 534 g/mol. The summed E-state index contributed by atoms with van der Waals surface area (Å²) < 4.78 is 11.8. The highest BCUT2D eigenvalue weighted by molar-refractivity contribution is 5.81. The fourth-order valence-corrected chi connectivity index (χ4v) is 6.53. The summed E-state index contributed by atoms with van der Waals surface area (Å²) in [6, 6.07) is 18.2. The number of benzene rings is 2. The van der Waals surface area contributed by atoms with Crippen molar-refractivity contribution in [1.29, 1.82) is 0 Å². The summed E-state index contributed by atoms with van der Waals surface area (Å²) in [5, 5.41) is 10.6. The van der Waals surface area contributed by atoms with Gasteiger partial charge in [0.15, 0.2) is 0 Å². The van der Waals surface area contributed by atoms with Crippen LogP contribution < -0.4 is 0 Å². The summed E-state index contributed by atoms with van der Waals surface area (Å²) >= 11 is 0. The van der Waals surface area contributed by atoms with Gasteiger partial charge >= 0.3 is 6.09 Å². The van der Waals surface area contributed by atoms with E-state index < -0.39 is 11.2 Å². The number of nitrogens with zero attached hydrogens (tertiary/aromatic N) is 2. The normalized spacial score (nSPS) is 25.4. The number of ether oxygens (including phenoxy) is 2. The van der Waals surface area contributed by atoms with E-state index in [0.717, 1.165) is 49.9 Å². The SMILES string of the molecule is C[C@@H](c1ccc(C2CCN(C(=O)C3CCCO3)CC2)cc1)N1CC[C@](CC(C)(C)O)(c2ccccc2)OC1=O. The van der Waals surface area contributed by atoms with E-state index in [2.05, 4.69) is 24.3 Å². The number of carbonyl (C=O) groups excluding carboxylic acids is 2. The molecule has 3 heterocycles. The maximum atomic E-state index is 13.4. The Kier molecular flexibility index (Phi) is 8.01. The number of hydrogen-bond donors (Lipinski definition) is 1. The minimum absolute atomic E-state index is 0.131. The molecule has 210 valence electrons. The van der Waals surface area contributed by atoms with Crippen molar-refractivity contribution in [3.8, 4) is 0 Å². The Balaban J connectivity index is 1.21. The van der Waals surface area contributed by atoms with E-state index in [1.807, 2.05) is 42.2 Å². The van der Waals surface area contributed by atoms with Crippen LogP contribution >= 0.6 is 0 Å². The second-order valence-corrected chi connectivity index (χ2v) is 12.1. The second-order valence-electron chi connectivity index (χ2n) is 12.1. The van der Waals surface area contributed by atoms with Crippen molar-refractivity contribution < 1.29 is 24.2 Å². The molecule has 3 aliphatic rings. The molecule has 1 N–H and O–H groups in total. The first kappa shape index (κ1) is 27.7. The Bertz CT molecular complexity index is 1130. The molecule has 3 fully saturated rings. The third kappa shape index (κ3) is 6.15. The molecular weight excluding hydrogens is 492 g/mol. The standard InChI is InChI=1S/C32H42N2O5/c1-23(34-20-17-32(39-30(34)36,22-31(2,3)37)27-8-5-4-6-9-27)24-11-13-25(14-12-24)26-15-18-33(19-16-26)29(35)28-10-7-21-38-28/h4-6,8-9,11-14,23,26,28,37H,7,10,15-22H2,1-3H3/t23-,28?,32-/m0/s1. The summed E-state index contributed by atoms with van der Waals surface area (Å²) in [7, 11) is 0. The van der Waals surface area contributed by atoms with Crippen LogP contribution in [0.1, 0.15) is 87.9 Å². The van der Waals surface area contributed by atoms with Crippen molar-refractivity contribution in [2.24, 2.45) is 0 Å². The molecule has 1 unspecified atom stereocenters. The van der Waals surface area contributed by atoms with Crippen LogP contribution in [0.3, 0.4) is 0 Å². The van der Waals surface area contributed by atoms with Crippen molar-refractivity contribution in [2.45, 2.75) is 88.6 Å². The third-order valence-electron chi connectivity index (χ3n) is 8.66. The fourth-order valence-electron chi connectivity index (χ4n) is 6.53. The number of rotatable bonds is 7. The van der Waals surface area contributed by atoms with Gasteiger partial charge in [-0.2, -0.15) is 0 Å². The van der Waals surface area contributed by atoms with Gasteiger partial charge in [-0.15, -0.1) is 0 Å². The molecule has 39 heavy (non-hydrogen) atoms. The number of carbonyl (C=O) groups is 2. The van der Waals surface area contributed by atoms with Gasteiger partial charge in [0.05, 0.1) is 11.6 Å².